The molecule has 0 fully saturated rings. The fourth-order valence-electron chi connectivity index (χ4n) is 3.93. The summed E-state index contributed by atoms with van der Waals surface area (Å²) in [6.07, 6.45) is 3.02. The van der Waals surface area contributed by atoms with Gasteiger partial charge in [-0.2, -0.15) is 4.31 Å². The zero-order valence-electron chi connectivity index (χ0n) is 19.9. The number of ether oxygens (including phenoxy) is 2. The molecule has 0 saturated heterocycles. The number of nitrogens with zero attached hydrogens (tertiary/aromatic N) is 2. The fraction of sp³-hybridized carbons (Fsp3) is 0.458. The Morgan fingerprint density at radius 2 is 1.97 bits per heavy atom. The van der Waals surface area contributed by atoms with Gasteiger partial charge in [0.25, 0.3) is 0 Å². The fourth-order valence-corrected chi connectivity index (χ4v) is 6.05. The van der Waals surface area contributed by atoms with Gasteiger partial charge in [0.2, 0.25) is 10.0 Å². The molecule has 1 aliphatic heterocycles. The van der Waals surface area contributed by atoms with Crippen molar-refractivity contribution in [1.29, 1.82) is 0 Å². The number of rotatable bonds is 9. The van der Waals surface area contributed by atoms with Crippen LogP contribution in [0.15, 0.2) is 52.3 Å². The minimum atomic E-state index is -3.84. The Kier molecular flexibility index (Phi) is 8.86. The van der Waals surface area contributed by atoms with Gasteiger partial charge in [-0.05, 0) is 30.9 Å². The van der Waals surface area contributed by atoms with E-state index in [2.05, 4.69) is 11.7 Å². The Balaban J connectivity index is 2.13. The molecule has 0 saturated carbocycles. The first-order chi connectivity index (χ1) is 16.2. The Hall–Kier alpha value is -2.27. The van der Waals surface area contributed by atoms with Crippen molar-refractivity contribution in [1.82, 2.24) is 4.31 Å². The standard InChI is InChI=1S/C24H32N2O6S2/c1-5-6-10-18-15-26(17-11-8-7-9-12-17)19-13-22(33-4)21(32-16-20(27)24(28)31-3)14-23(19)34(29,30)25(18)2/h7-9,11-14,18,20,27H,5-6,10,15-16H2,1-4H3/t18-,20?/m1/s1. The largest absolute Gasteiger partial charge is 0.489 e. The number of carbonyl (C=O) groups is 1. The van der Waals surface area contributed by atoms with Crippen LogP contribution in [0, 0.1) is 0 Å². The third-order valence-corrected chi connectivity index (χ3v) is 8.63. The number of benzene rings is 2. The molecule has 2 aromatic carbocycles. The van der Waals surface area contributed by atoms with Crippen molar-refractivity contribution in [2.75, 3.05) is 38.5 Å². The van der Waals surface area contributed by atoms with E-state index >= 15 is 0 Å². The number of aliphatic hydroxyl groups excluding tert-OH is 1. The molecule has 0 aliphatic carbocycles. The molecule has 2 atom stereocenters. The molecule has 2 aromatic rings. The quantitative estimate of drug-likeness (QED) is 0.405. The Bertz CT molecular complexity index is 1090. The highest BCUT2D eigenvalue weighted by Gasteiger charge is 2.37. The van der Waals surface area contributed by atoms with E-state index in [4.69, 9.17) is 4.74 Å². The molecule has 10 heteroatoms. The maximum Gasteiger partial charge on any atom is 0.338 e. The number of methoxy groups -OCH3 is 1. The van der Waals surface area contributed by atoms with Crippen LogP contribution in [-0.2, 0) is 19.6 Å². The van der Waals surface area contributed by atoms with Crippen molar-refractivity contribution >= 4 is 39.1 Å². The smallest absolute Gasteiger partial charge is 0.338 e. The molecule has 0 spiro atoms. The van der Waals surface area contributed by atoms with Crippen LogP contribution in [-0.4, -0.2) is 69.5 Å². The average Bonchev–Trinajstić information content (AvgIpc) is 2.93. The van der Waals surface area contributed by atoms with Gasteiger partial charge in [0, 0.05) is 31.4 Å². The average molecular weight is 509 g/mol. The summed E-state index contributed by atoms with van der Waals surface area (Å²) in [5, 5.41) is 9.94. The van der Waals surface area contributed by atoms with E-state index in [1.165, 1.54) is 29.2 Å². The van der Waals surface area contributed by atoms with Crippen molar-refractivity contribution in [3.05, 3.63) is 42.5 Å². The van der Waals surface area contributed by atoms with Crippen LogP contribution in [0.2, 0.25) is 0 Å². The van der Waals surface area contributed by atoms with E-state index in [9.17, 15) is 18.3 Å². The van der Waals surface area contributed by atoms with Gasteiger partial charge < -0.3 is 19.5 Å². The number of aliphatic hydroxyl groups is 1. The number of likely N-dealkylation sites (N-methyl/N-ethyl adjacent to an activating group) is 1. The molecule has 0 aromatic heterocycles. The molecular weight excluding hydrogens is 476 g/mol. The van der Waals surface area contributed by atoms with Crippen LogP contribution >= 0.6 is 11.8 Å². The second-order valence-electron chi connectivity index (χ2n) is 8.08. The summed E-state index contributed by atoms with van der Waals surface area (Å²) in [5.41, 5.74) is 1.47. The number of thioether (sulfide) groups is 1. The summed E-state index contributed by atoms with van der Waals surface area (Å²) in [6.45, 7) is 2.25. The van der Waals surface area contributed by atoms with E-state index in [0.29, 0.717) is 17.1 Å². The van der Waals surface area contributed by atoms with Gasteiger partial charge in [-0.25, -0.2) is 13.2 Å². The molecule has 1 heterocycles. The number of fused-ring (bicyclic) bond motifs is 1. The first kappa shape index (κ1) is 26.3. The van der Waals surface area contributed by atoms with Crippen LogP contribution in [0.5, 0.6) is 5.75 Å². The maximum atomic E-state index is 13.7. The molecular formula is C24H32N2O6S2. The lowest BCUT2D eigenvalue weighted by molar-refractivity contribution is -0.151. The summed E-state index contributed by atoms with van der Waals surface area (Å²) in [6, 6.07) is 12.8. The molecule has 0 bridgehead atoms. The van der Waals surface area contributed by atoms with E-state index in [0.717, 1.165) is 24.9 Å². The van der Waals surface area contributed by atoms with Gasteiger partial charge in [-0.1, -0.05) is 38.0 Å². The van der Waals surface area contributed by atoms with Crippen LogP contribution in [0.4, 0.5) is 11.4 Å². The number of sulfonamides is 1. The molecule has 0 radical (unpaired) electrons. The van der Waals surface area contributed by atoms with Gasteiger partial charge in [-0.15, -0.1) is 11.8 Å². The van der Waals surface area contributed by atoms with Crippen molar-refractivity contribution in [2.45, 2.75) is 48.1 Å². The normalized spacial score (nSPS) is 18.6. The third-order valence-electron chi connectivity index (χ3n) is 5.93. The number of hydrogen-bond donors (Lipinski definition) is 1. The Morgan fingerprint density at radius 3 is 2.59 bits per heavy atom. The molecule has 1 unspecified atom stereocenters. The first-order valence-electron chi connectivity index (χ1n) is 11.2. The highest BCUT2D eigenvalue weighted by Crippen LogP contribution is 2.43. The van der Waals surface area contributed by atoms with Gasteiger partial charge in [0.05, 0.1) is 17.7 Å². The first-order valence-corrected chi connectivity index (χ1v) is 13.8. The maximum absolute atomic E-state index is 13.7. The SMILES string of the molecule is CCCC[C@@H]1CN(c2ccccc2)c2cc(SC)c(OCC(O)C(=O)OC)cc2S(=O)(=O)N1C. The molecule has 8 nitrogen and oxygen atoms in total. The summed E-state index contributed by atoms with van der Waals surface area (Å²) in [5.74, 6) is -0.534. The number of unbranched alkanes of at least 4 members (excludes halogenated alkanes) is 1. The molecule has 186 valence electrons. The number of esters is 1. The monoisotopic (exact) mass is 508 g/mol. The van der Waals surface area contributed by atoms with Crippen molar-refractivity contribution in [3.8, 4) is 5.75 Å². The molecule has 1 N–H and O–H groups in total. The predicted molar refractivity (Wildman–Crippen MR) is 133 cm³/mol. The second kappa shape index (κ2) is 11.4. The lowest BCUT2D eigenvalue weighted by Gasteiger charge is -2.29. The van der Waals surface area contributed by atoms with Gasteiger partial charge in [0.1, 0.15) is 17.3 Å². The highest BCUT2D eigenvalue weighted by molar-refractivity contribution is 7.98. The summed E-state index contributed by atoms with van der Waals surface area (Å²) in [7, 11) is -1.04. The molecule has 0 amide bonds. The topological polar surface area (TPSA) is 96.4 Å². The minimum absolute atomic E-state index is 0.123. The van der Waals surface area contributed by atoms with Crippen molar-refractivity contribution in [3.63, 3.8) is 0 Å². The number of para-hydroxylation sites is 1. The number of anilines is 2. The number of hydrogen-bond acceptors (Lipinski definition) is 8. The van der Waals surface area contributed by atoms with Crippen LogP contribution in [0.1, 0.15) is 26.2 Å². The van der Waals surface area contributed by atoms with Crippen LogP contribution in [0.3, 0.4) is 0 Å². The van der Waals surface area contributed by atoms with E-state index in [1.54, 1.807) is 13.1 Å². The summed E-state index contributed by atoms with van der Waals surface area (Å²) in [4.78, 5) is 14.4. The van der Waals surface area contributed by atoms with Crippen molar-refractivity contribution in [2.24, 2.45) is 0 Å². The van der Waals surface area contributed by atoms with Gasteiger partial charge in [0.15, 0.2) is 6.10 Å². The zero-order valence-corrected chi connectivity index (χ0v) is 21.6. The van der Waals surface area contributed by atoms with Crippen LogP contribution in [0.25, 0.3) is 0 Å². The summed E-state index contributed by atoms with van der Waals surface area (Å²) < 4.78 is 39.2. The van der Waals surface area contributed by atoms with Crippen molar-refractivity contribution < 1.29 is 27.8 Å². The van der Waals surface area contributed by atoms with Crippen LogP contribution < -0.4 is 9.64 Å². The second-order valence-corrected chi connectivity index (χ2v) is 10.9. The van der Waals surface area contributed by atoms with Gasteiger partial charge >= 0.3 is 5.97 Å². The molecule has 1 aliphatic rings. The zero-order chi connectivity index (χ0) is 24.9. The Morgan fingerprint density at radius 1 is 1.26 bits per heavy atom. The predicted octanol–water partition coefficient (Wildman–Crippen LogP) is 3.65. The van der Waals surface area contributed by atoms with E-state index in [1.807, 2.05) is 41.5 Å². The lowest BCUT2D eigenvalue weighted by Crippen LogP contribution is -2.40. The van der Waals surface area contributed by atoms with Gasteiger partial charge in [-0.3, -0.25) is 0 Å². The molecule has 3 rings (SSSR count). The summed E-state index contributed by atoms with van der Waals surface area (Å²) >= 11 is 1.40. The third kappa shape index (κ3) is 5.51. The van der Waals surface area contributed by atoms with E-state index in [-0.39, 0.29) is 23.3 Å². The minimum Gasteiger partial charge on any atom is -0.489 e. The lowest BCUT2D eigenvalue weighted by atomic mass is 10.1. The highest BCUT2D eigenvalue weighted by atomic mass is 32.2. The molecule has 34 heavy (non-hydrogen) atoms. The Labute approximate surface area is 205 Å². The van der Waals surface area contributed by atoms with E-state index < -0.39 is 22.1 Å². The number of carbonyl (C=O) groups excluding carboxylic acids is 1.